The normalized spacial score (nSPS) is 12.6. The van der Waals surface area contributed by atoms with Crippen molar-refractivity contribution < 1.29 is 18.9 Å². The zero-order chi connectivity index (χ0) is 14.8. The Morgan fingerprint density at radius 1 is 1.10 bits per heavy atom. The molecule has 6 nitrogen and oxygen atoms in total. The van der Waals surface area contributed by atoms with E-state index in [1.807, 2.05) is 26.0 Å². The molecule has 1 aliphatic rings. The van der Waals surface area contributed by atoms with Gasteiger partial charge in [0.2, 0.25) is 12.7 Å². The summed E-state index contributed by atoms with van der Waals surface area (Å²) in [6.45, 7) is 4.10. The Kier molecular flexibility index (Phi) is 3.51. The lowest BCUT2D eigenvalue weighted by Crippen LogP contribution is -2.07. The summed E-state index contributed by atoms with van der Waals surface area (Å²) >= 11 is 0. The molecule has 0 amide bonds. The third-order valence-corrected chi connectivity index (χ3v) is 2.97. The van der Waals surface area contributed by atoms with Gasteiger partial charge in [-0.15, -0.1) is 10.2 Å². The van der Waals surface area contributed by atoms with E-state index in [-0.39, 0.29) is 12.9 Å². The highest BCUT2D eigenvalue weighted by molar-refractivity contribution is 5.71. The van der Waals surface area contributed by atoms with Gasteiger partial charge in [-0.05, 0) is 26.0 Å². The van der Waals surface area contributed by atoms with Gasteiger partial charge in [0.25, 0.3) is 0 Å². The van der Waals surface area contributed by atoms with Crippen LogP contribution in [0.4, 0.5) is 0 Å². The summed E-state index contributed by atoms with van der Waals surface area (Å²) in [6, 6.07) is 7.25. The van der Waals surface area contributed by atoms with Crippen LogP contribution in [0.3, 0.4) is 0 Å². The third-order valence-electron chi connectivity index (χ3n) is 2.97. The molecule has 0 fully saturated rings. The summed E-state index contributed by atoms with van der Waals surface area (Å²) in [5, 5.41) is 8.25. The van der Waals surface area contributed by atoms with Gasteiger partial charge in [0.05, 0.1) is 18.9 Å². The average molecular weight is 288 g/mol. The number of aromatic nitrogens is 2. The van der Waals surface area contributed by atoms with E-state index in [4.69, 9.17) is 18.9 Å². The minimum Gasteiger partial charge on any atom is -0.496 e. The smallest absolute Gasteiger partial charge is 0.233 e. The minimum absolute atomic E-state index is 0.0604. The standard InChI is InChI=1S/C15H16N2O4/c1-9(2)21-15-5-4-11(16-17-15)10-6-13-14(20-8-19-13)7-12(10)18-3/h4-7,9H,8H2,1-3H3. The van der Waals surface area contributed by atoms with Crippen LogP contribution in [-0.4, -0.2) is 30.2 Å². The van der Waals surface area contributed by atoms with E-state index in [0.29, 0.717) is 28.8 Å². The maximum Gasteiger partial charge on any atom is 0.233 e. The maximum absolute atomic E-state index is 5.49. The van der Waals surface area contributed by atoms with E-state index < -0.39 is 0 Å². The first-order chi connectivity index (χ1) is 10.2. The van der Waals surface area contributed by atoms with E-state index in [1.54, 1.807) is 19.2 Å². The molecule has 3 rings (SSSR count). The van der Waals surface area contributed by atoms with Crippen molar-refractivity contribution in [2.45, 2.75) is 20.0 Å². The second-order valence-corrected chi connectivity index (χ2v) is 4.83. The van der Waals surface area contributed by atoms with Gasteiger partial charge in [-0.2, -0.15) is 0 Å². The fourth-order valence-electron chi connectivity index (χ4n) is 2.06. The first-order valence-corrected chi connectivity index (χ1v) is 6.66. The fourth-order valence-corrected chi connectivity index (χ4v) is 2.06. The molecule has 1 aromatic heterocycles. The number of nitrogens with zero attached hydrogens (tertiary/aromatic N) is 2. The molecular weight excluding hydrogens is 272 g/mol. The van der Waals surface area contributed by atoms with Crippen molar-refractivity contribution in [1.29, 1.82) is 0 Å². The number of fused-ring (bicyclic) bond motifs is 1. The van der Waals surface area contributed by atoms with E-state index in [1.165, 1.54) is 0 Å². The van der Waals surface area contributed by atoms with Crippen LogP contribution in [-0.2, 0) is 0 Å². The molecule has 2 heterocycles. The Morgan fingerprint density at radius 3 is 2.48 bits per heavy atom. The summed E-state index contributed by atoms with van der Waals surface area (Å²) in [7, 11) is 1.60. The molecule has 0 radical (unpaired) electrons. The summed E-state index contributed by atoms with van der Waals surface area (Å²) in [5.74, 6) is 2.50. The van der Waals surface area contributed by atoms with Crippen LogP contribution in [0, 0.1) is 0 Å². The van der Waals surface area contributed by atoms with Gasteiger partial charge in [0, 0.05) is 17.7 Å². The molecule has 0 bridgehead atoms. The average Bonchev–Trinajstić information content (AvgIpc) is 2.93. The molecule has 0 N–H and O–H groups in total. The van der Waals surface area contributed by atoms with Crippen molar-refractivity contribution in [2.75, 3.05) is 13.9 Å². The van der Waals surface area contributed by atoms with Crippen molar-refractivity contribution >= 4 is 0 Å². The number of rotatable bonds is 4. The van der Waals surface area contributed by atoms with Gasteiger partial charge in [-0.3, -0.25) is 0 Å². The highest BCUT2D eigenvalue weighted by Gasteiger charge is 2.19. The first kappa shape index (κ1) is 13.5. The zero-order valence-corrected chi connectivity index (χ0v) is 12.1. The highest BCUT2D eigenvalue weighted by atomic mass is 16.7. The van der Waals surface area contributed by atoms with E-state index >= 15 is 0 Å². The molecule has 6 heteroatoms. The van der Waals surface area contributed by atoms with Crippen LogP contribution in [0.15, 0.2) is 24.3 Å². The van der Waals surface area contributed by atoms with E-state index in [2.05, 4.69) is 10.2 Å². The quantitative estimate of drug-likeness (QED) is 0.862. The number of ether oxygens (including phenoxy) is 4. The van der Waals surface area contributed by atoms with Gasteiger partial charge in [-0.25, -0.2) is 0 Å². The van der Waals surface area contributed by atoms with Crippen molar-refractivity contribution in [3.8, 4) is 34.4 Å². The molecule has 0 spiro atoms. The Morgan fingerprint density at radius 2 is 1.86 bits per heavy atom. The van der Waals surface area contributed by atoms with Crippen molar-refractivity contribution in [3.05, 3.63) is 24.3 Å². The molecule has 0 unspecified atom stereocenters. The van der Waals surface area contributed by atoms with Crippen LogP contribution in [0.25, 0.3) is 11.3 Å². The van der Waals surface area contributed by atoms with E-state index in [9.17, 15) is 0 Å². The van der Waals surface area contributed by atoms with Crippen molar-refractivity contribution in [2.24, 2.45) is 0 Å². The summed E-state index contributed by atoms with van der Waals surface area (Å²) < 4.78 is 21.6. The number of benzene rings is 1. The highest BCUT2D eigenvalue weighted by Crippen LogP contribution is 2.41. The monoisotopic (exact) mass is 288 g/mol. The molecule has 0 atom stereocenters. The lowest BCUT2D eigenvalue weighted by Gasteiger charge is -2.10. The Balaban J connectivity index is 1.96. The number of hydrogen-bond donors (Lipinski definition) is 0. The lowest BCUT2D eigenvalue weighted by atomic mass is 10.1. The van der Waals surface area contributed by atoms with Crippen LogP contribution >= 0.6 is 0 Å². The van der Waals surface area contributed by atoms with E-state index in [0.717, 1.165) is 5.56 Å². The number of hydrogen-bond acceptors (Lipinski definition) is 6. The third kappa shape index (κ3) is 2.69. The van der Waals surface area contributed by atoms with Crippen LogP contribution in [0.1, 0.15) is 13.8 Å². The lowest BCUT2D eigenvalue weighted by molar-refractivity contribution is 0.174. The van der Waals surface area contributed by atoms with Crippen LogP contribution in [0.5, 0.6) is 23.1 Å². The maximum atomic E-state index is 5.49. The summed E-state index contributed by atoms with van der Waals surface area (Å²) in [4.78, 5) is 0. The minimum atomic E-state index is 0.0604. The van der Waals surface area contributed by atoms with Crippen molar-refractivity contribution in [3.63, 3.8) is 0 Å². The second-order valence-electron chi connectivity index (χ2n) is 4.83. The molecule has 110 valence electrons. The molecule has 21 heavy (non-hydrogen) atoms. The van der Waals surface area contributed by atoms with Gasteiger partial charge in [0.1, 0.15) is 5.75 Å². The second kappa shape index (κ2) is 5.47. The fraction of sp³-hybridized carbons (Fsp3) is 0.333. The topological polar surface area (TPSA) is 62.7 Å². The molecule has 0 saturated heterocycles. The zero-order valence-electron chi connectivity index (χ0n) is 12.1. The molecule has 0 aliphatic carbocycles. The van der Waals surface area contributed by atoms with Gasteiger partial charge in [0.15, 0.2) is 11.5 Å². The Bertz CT molecular complexity index is 641. The molecule has 1 aliphatic heterocycles. The van der Waals surface area contributed by atoms with Crippen LogP contribution < -0.4 is 18.9 Å². The Labute approximate surface area is 122 Å². The van der Waals surface area contributed by atoms with Gasteiger partial charge in [-0.1, -0.05) is 0 Å². The van der Waals surface area contributed by atoms with Crippen molar-refractivity contribution in [1.82, 2.24) is 10.2 Å². The predicted molar refractivity (Wildman–Crippen MR) is 75.9 cm³/mol. The predicted octanol–water partition coefficient (Wildman–Crippen LogP) is 2.67. The van der Waals surface area contributed by atoms with Crippen LogP contribution in [0.2, 0.25) is 0 Å². The summed E-state index contributed by atoms with van der Waals surface area (Å²) in [5.41, 5.74) is 1.48. The molecule has 0 saturated carbocycles. The molecule has 2 aromatic rings. The first-order valence-electron chi connectivity index (χ1n) is 6.66. The SMILES string of the molecule is COc1cc2c(cc1-c1ccc(OC(C)C)nn1)OCO2. The van der Waals surface area contributed by atoms with Gasteiger partial charge >= 0.3 is 0 Å². The Hall–Kier alpha value is -2.50. The molecule has 1 aromatic carbocycles. The summed E-state index contributed by atoms with van der Waals surface area (Å²) in [6.07, 6.45) is 0.0604. The van der Waals surface area contributed by atoms with Gasteiger partial charge < -0.3 is 18.9 Å². The number of methoxy groups -OCH3 is 1. The molecular formula is C15H16N2O4. The largest absolute Gasteiger partial charge is 0.496 e.